The highest BCUT2D eigenvalue weighted by Crippen LogP contribution is 2.41. The number of alkyl halides is 1. The molecule has 0 amide bonds. The van der Waals surface area contributed by atoms with Gasteiger partial charge in [0.15, 0.2) is 14.1 Å². The van der Waals surface area contributed by atoms with E-state index in [9.17, 15) is 4.79 Å². The van der Waals surface area contributed by atoms with Crippen LogP contribution in [0.1, 0.15) is 18.4 Å². The summed E-state index contributed by atoms with van der Waals surface area (Å²) in [6, 6.07) is 5.72. The topological polar surface area (TPSA) is 44.8 Å². The molecular formula is C17H21BrO4Si. The zero-order valence-electron chi connectivity index (χ0n) is 13.6. The number of ether oxygens (including phenoxy) is 2. The van der Waals surface area contributed by atoms with E-state index in [4.69, 9.17) is 13.9 Å². The molecule has 1 aromatic carbocycles. The summed E-state index contributed by atoms with van der Waals surface area (Å²) < 4.78 is 17.9. The Labute approximate surface area is 146 Å². The van der Waals surface area contributed by atoms with E-state index in [0.29, 0.717) is 25.0 Å². The Morgan fingerprint density at radius 1 is 1.39 bits per heavy atom. The van der Waals surface area contributed by atoms with Crippen LogP contribution in [0.15, 0.2) is 29.5 Å². The first-order valence-corrected chi connectivity index (χ1v) is 12.0. The molecule has 0 N–H and O–H groups in total. The highest BCUT2D eigenvalue weighted by Gasteiger charge is 2.38. The van der Waals surface area contributed by atoms with Gasteiger partial charge in [0.25, 0.3) is 0 Å². The lowest BCUT2D eigenvalue weighted by Crippen LogP contribution is -2.42. The van der Waals surface area contributed by atoms with Gasteiger partial charge in [0.1, 0.15) is 23.4 Å². The number of hydrogen-bond donors (Lipinski definition) is 0. The standard InChI is InChI=1S/C17H21BrO4Si/c1-20-14-5-4-6-15-12(14)9-11-13(19)7-8-16(17(11)21-15)22-23(2,3)10-18/h4-6,16H,7-10H2,1-3H3/t16-/m0/s1. The van der Waals surface area contributed by atoms with Crippen LogP contribution in [0.2, 0.25) is 13.1 Å². The zero-order chi connectivity index (χ0) is 16.6. The van der Waals surface area contributed by atoms with Crippen molar-refractivity contribution in [3.8, 4) is 11.5 Å². The lowest BCUT2D eigenvalue weighted by molar-refractivity contribution is -0.117. The van der Waals surface area contributed by atoms with E-state index in [2.05, 4.69) is 29.0 Å². The predicted octanol–water partition coefficient (Wildman–Crippen LogP) is 3.77. The number of fused-ring (bicyclic) bond motifs is 1. The summed E-state index contributed by atoms with van der Waals surface area (Å²) in [6.45, 7) is 4.33. The van der Waals surface area contributed by atoms with Crippen molar-refractivity contribution < 1.29 is 18.7 Å². The number of halogens is 1. The van der Waals surface area contributed by atoms with Gasteiger partial charge in [0, 0.05) is 28.9 Å². The smallest absolute Gasteiger partial charge is 0.198 e. The van der Waals surface area contributed by atoms with E-state index in [1.54, 1.807) is 7.11 Å². The minimum atomic E-state index is -1.81. The van der Waals surface area contributed by atoms with Crippen LogP contribution in [0.4, 0.5) is 0 Å². The number of rotatable bonds is 4. The number of allylic oxidation sites excluding steroid dienone is 1. The van der Waals surface area contributed by atoms with Crippen molar-refractivity contribution in [1.29, 1.82) is 0 Å². The Kier molecular flexibility index (Phi) is 4.67. The van der Waals surface area contributed by atoms with Crippen LogP contribution < -0.4 is 9.47 Å². The number of ketones is 1. The number of methoxy groups -OCH3 is 1. The molecule has 1 aromatic rings. The van der Waals surface area contributed by atoms with Crippen LogP contribution in [0.5, 0.6) is 11.5 Å². The van der Waals surface area contributed by atoms with E-state index < -0.39 is 8.32 Å². The first-order valence-electron chi connectivity index (χ1n) is 7.79. The minimum absolute atomic E-state index is 0.124. The Bertz CT molecular complexity index is 669. The molecule has 2 aliphatic rings. The summed E-state index contributed by atoms with van der Waals surface area (Å²) >= 11 is 3.54. The van der Waals surface area contributed by atoms with Gasteiger partial charge in [-0.3, -0.25) is 4.79 Å². The molecular weight excluding hydrogens is 376 g/mol. The zero-order valence-corrected chi connectivity index (χ0v) is 16.2. The maximum atomic E-state index is 12.4. The highest BCUT2D eigenvalue weighted by molar-refractivity contribution is 9.09. The Morgan fingerprint density at radius 3 is 2.87 bits per heavy atom. The van der Waals surface area contributed by atoms with Crippen LogP contribution >= 0.6 is 15.9 Å². The van der Waals surface area contributed by atoms with Crippen molar-refractivity contribution in [1.82, 2.24) is 0 Å². The lowest BCUT2D eigenvalue weighted by atomic mass is 9.87. The molecule has 0 saturated heterocycles. The van der Waals surface area contributed by atoms with E-state index in [0.717, 1.165) is 27.6 Å². The fourth-order valence-electron chi connectivity index (χ4n) is 3.02. The first-order chi connectivity index (χ1) is 10.9. The summed E-state index contributed by atoms with van der Waals surface area (Å²) in [7, 11) is -0.169. The van der Waals surface area contributed by atoms with Crippen LogP contribution in [0, 0.1) is 0 Å². The fourth-order valence-corrected chi connectivity index (χ4v) is 4.47. The van der Waals surface area contributed by atoms with Crippen LogP contribution in [-0.4, -0.2) is 32.3 Å². The second kappa shape index (κ2) is 6.41. The van der Waals surface area contributed by atoms with E-state index >= 15 is 0 Å². The largest absolute Gasteiger partial charge is 0.496 e. The summed E-state index contributed by atoms with van der Waals surface area (Å²) in [4.78, 5) is 13.2. The van der Waals surface area contributed by atoms with Crippen molar-refractivity contribution in [2.24, 2.45) is 0 Å². The van der Waals surface area contributed by atoms with Gasteiger partial charge in [0.05, 0.1) is 7.11 Å². The first kappa shape index (κ1) is 16.7. The summed E-state index contributed by atoms with van der Waals surface area (Å²) in [5.74, 6) is 2.41. The number of hydrogen-bond acceptors (Lipinski definition) is 4. The molecule has 1 aliphatic carbocycles. The molecule has 6 heteroatoms. The maximum Gasteiger partial charge on any atom is 0.198 e. The van der Waals surface area contributed by atoms with Crippen molar-refractivity contribution in [3.63, 3.8) is 0 Å². The molecule has 0 saturated carbocycles. The van der Waals surface area contributed by atoms with Crippen molar-refractivity contribution in [3.05, 3.63) is 35.1 Å². The van der Waals surface area contributed by atoms with Gasteiger partial charge in [-0.2, -0.15) is 0 Å². The third-order valence-corrected chi connectivity index (χ3v) is 9.84. The molecule has 4 nitrogen and oxygen atoms in total. The van der Waals surface area contributed by atoms with Gasteiger partial charge in [0.2, 0.25) is 0 Å². The molecule has 0 spiro atoms. The van der Waals surface area contributed by atoms with Gasteiger partial charge in [-0.15, -0.1) is 0 Å². The van der Waals surface area contributed by atoms with E-state index in [1.807, 2.05) is 18.2 Å². The normalized spacial score (nSPS) is 20.7. The molecule has 124 valence electrons. The molecule has 0 radical (unpaired) electrons. The summed E-state index contributed by atoms with van der Waals surface area (Å²) in [5.41, 5.74) is 1.69. The molecule has 0 fully saturated rings. The Hall–Kier alpha value is -1.11. The van der Waals surface area contributed by atoms with E-state index in [1.165, 1.54) is 0 Å². The van der Waals surface area contributed by atoms with Gasteiger partial charge in [-0.25, -0.2) is 0 Å². The predicted molar refractivity (Wildman–Crippen MR) is 94.7 cm³/mol. The third-order valence-electron chi connectivity index (χ3n) is 4.23. The molecule has 0 unspecified atom stereocenters. The third kappa shape index (κ3) is 3.25. The maximum absolute atomic E-state index is 12.4. The van der Waals surface area contributed by atoms with Crippen molar-refractivity contribution in [2.75, 3.05) is 12.1 Å². The number of carbonyl (C=O) groups is 1. The summed E-state index contributed by atoms with van der Waals surface area (Å²) in [6.07, 6.45) is 1.65. The van der Waals surface area contributed by atoms with Crippen molar-refractivity contribution in [2.45, 2.75) is 38.5 Å². The van der Waals surface area contributed by atoms with Crippen LogP contribution in [0.25, 0.3) is 0 Å². The second-order valence-corrected chi connectivity index (χ2v) is 12.2. The molecule has 0 aromatic heterocycles. The SMILES string of the molecule is COc1cccc2c1CC1=C(O2)[C@@H](O[Si](C)(C)CBr)CCC1=O. The van der Waals surface area contributed by atoms with E-state index in [-0.39, 0.29) is 11.9 Å². The molecule has 3 rings (SSSR count). The molecule has 23 heavy (non-hydrogen) atoms. The minimum Gasteiger partial charge on any atom is -0.496 e. The highest BCUT2D eigenvalue weighted by atomic mass is 79.9. The average Bonchev–Trinajstić information content (AvgIpc) is 2.55. The second-order valence-electron chi connectivity index (χ2n) is 6.52. The Morgan fingerprint density at radius 2 is 2.17 bits per heavy atom. The number of Topliss-reactive ketones (excluding diaryl/α,β-unsaturated/α-hetero) is 1. The number of carbonyl (C=O) groups excluding carboxylic acids is 1. The van der Waals surface area contributed by atoms with Gasteiger partial charge in [-0.05, 0) is 31.6 Å². The Balaban J connectivity index is 1.96. The molecule has 0 bridgehead atoms. The van der Waals surface area contributed by atoms with Gasteiger partial charge >= 0.3 is 0 Å². The monoisotopic (exact) mass is 396 g/mol. The van der Waals surface area contributed by atoms with Gasteiger partial charge in [-0.1, -0.05) is 22.0 Å². The average molecular weight is 397 g/mol. The van der Waals surface area contributed by atoms with Crippen LogP contribution in [0.3, 0.4) is 0 Å². The molecule has 1 heterocycles. The van der Waals surface area contributed by atoms with Crippen LogP contribution in [-0.2, 0) is 15.6 Å². The number of benzene rings is 1. The molecule has 1 atom stereocenters. The fraction of sp³-hybridized carbons (Fsp3) is 0.471. The lowest BCUT2D eigenvalue weighted by Gasteiger charge is -2.35. The van der Waals surface area contributed by atoms with Crippen molar-refractivity contribution >= 4 is 30.0 Å². The quantitative estimate of drug-likeness (QED) is 0.573. The summed E-state index contributed by atoms with van der Waals surface area (Å²) in [5, 5.41) is 0. The molecule has 1 aliphatic heterocycles. The van der Waals surface area contributed by atoms with Gasteiger partial charge < -0.3 is 13.9 Å².